The van der Waals surface area contributed by atoms with Gasteiger partial charge in [-0.1, -0.05) is 31.2 Å². The number of aliphatic hydroxyl groups is 1. The van der Waals surface area contributed by atoms with E-state index in [1.165, 1.54) is 4.90 Å². The monoisotopic (exact) mass is 567 g/mol. The van der Waals surface area contributed by atoms with Gasteiger partial charge < -0.3 is 34.4 Å². The number of likely N-dealkylation sites (tertiary alicyclic amines) is 1. The van der Waals surface area contributed by atoms with E-state index in [2.05, 4.69) is 5.32 Å². The number of allylic oxidation sites excluding steroid dienone is 1. The van der Waals surface area contributed by atoms with Gasteiger partial charge in [-0.15, -0.1) is 0 Å². The maximum absolute atomic E-state index is 14.6. The van der Waals surface area contributed by atoms with Crippen LogP contribution in [0, 0.1) is 11.8 Å². The number of hydrogen-bond donors (Lipinski definition) is 2. The van der Waals surface area contributed by atoms with Gasteiger partial charge in [-0.3, -0.25) is 19.2 Å². The summed E-state index contributed by atoms with van der Waals surface area (Å²) >= 11 is 0. The van der Waals surface area contributed by atoms with Crippen molar-refractivity contribution in [1.29, 1.82) is 0 Å². The Bertz CT molecular complexity index is 1240. The number of ether oxygens (including phenoxy) is 3. The SMILES string of the molecule is CC[C@@H](CO)N1C(=O)[C@@H]2[C@H]3C(=O)O[C@@H](C)CNC(=O)CC/C=C\CN(c4ccc(OC)cc4)C(=O)[C@@H]1[C@]21C=C[C@H]3O1. The minimum absolute atomic E-state index is 0.132. The molecular weight excluding hydrogens is 530 g/mol. The van der Waals surface area contributed by atoms with Gasteiger partial charge in [-0.2, -0.15) is 0 Å². The molecule has 2 N–H and O–H groups in total. The first kappa shape index (κ1) is 28.8. The predicted octanol–water partition coefficient (Wildman–Crippen LogP) is 1.35. The van der Waals surface area contributed by atoms with Gasteiger partial charge in [0.1, 0.15) is 29.4 Å². The Morgan fingerprint density at radius 2 is 1.90 bits per heavy atom. The number of nitrogens with one attached hydrogen (secondary N) is 1. The average molecular weight is 568 g/mol. The number of esters is 1. The number of aliphatic hydroxyl groups excluding tert-OH is 1. The molecule has 0 radical (unpaired) electrons. The summed E-state index contributed by atoms with van der Waals surface area (Å²) in [5.74, 6) is -2.98. The van der Waals surface area contributed by atoms with Gasteiger partial charge in [0.05, 0.1) is 38.3 Å². The van der Waals surface area contributed by atoms with E-state index in [0.29, 0.717) is 24.3 Å². The normalized spacial score (nSPS) is 33.4. The zero-order valence-corrected chi connectivity index (χ0v) is 23.5. The Morgan fingerprint density at radius 1 is 1.15 bits per heavy atom. The molecule has 7 atom stereocenters. The quantitative estimate of drug-likeness (QED) is 0.402. The van der Waals surface area contributed by atoms with Gasteiger partial charge in [0.15, 0.2) is 0 Å². The van der Waals surface area contributed by atoms with Gasteiger partial charge in [-0.05, 0) is 44.0 Å². The molecule has 4 aliphatic heterocycles. The Hall–Kier alpha value is -3.70. The van der Waals surface area contributed by atoms with Crippen LogP contribution in [0.15, 0.2) is 48.6 Å². The molecule has 1 spiro atoms. The molecule has 0 saturated carbocycles. The van der Waals surface area contributed by atoms with E-state index < -0.39 is 59.5 Å². The number of benzene rings is 1. The molecule has 4 aliphatic rings. The van der Waals surface area contributed by atoms with Gasteiger partial charge in [0.25, 0.3) is 5.91 Å². The first-order chi connectivity index (χ1) is 19.7. The fourth-order valence-corrected chi connectivity index (χ4v) is 6.37. The van der Waals surface area contributed by atoms with E-state index in [1.807, 2.05) is 19.1 Å². The van der Waals surface area contributed by atoms with Crippen LogP contribution in [0.3, 0.4) is 0 Å². The van der Waals surface area contributed by atoms with Crippen LogP contribution in [-0.4, -0.2) is 90.4 Å². The standard InChI is InChI=1S/C30H37N3O8/c1-4-19(17-34)33-26-28(37)32(20-9-11-21(39-3)12-10-20)15-7-5-6-8-23(35)31-16-18(2)40-29(38)24-22-13-14-30(26,41-22)25(24)27(33)36/h5,7,9-14,18-19,22,24-26,34H,4,6,8,15-17H2,1-3H3,(H,31,35)/b7-5-/t18-,19-,22+,24-,25-,26+,30-/m0/s1. The molecule has 2 fully saturated rings. The zero-order chi connectivity index (χ0) is 29.3. The van der Waals surface area contributed by atoms with E-state index in [-0.39, 0.29) is 32.0 Å². The van der Waals surface area contributed by atoms with Crippen molar-refractivity contribution in [3.63, 3.8) is 0 Å². The number of cyclic esters (lactones) is 1. The summed E-state index contributed by atoms with van der Waals surface area (Å²) in [7, 11) is 1.55. The highest BCUT2D eigenvalue weighted by Gasteiger charge is 2.74. The number of nitrogens with zero attached hydrogens (tertiary/aromatic N) is 2. The second-order valence-electron chi connectivity index (χ2n) is 10.9. The zero-order valence-electron chi connectivity index (χ0n) is 23.5. The van der Waals surface area contributed by atoms with Crippen molar-refractivity contribution in [1.82, 2.24) is 10.2 Å². The van der Waals surface area contributed by atoms with Crippen molar-refractivity contribution in [2.24, 2.45) is 11.8 Å². The topological polar surface area (TPSA) is 135 Å². The maximum Gasteiger partial charge on any atom is 0.313 e. The average Bonchev–Trinajstić information content (AvgIpc) is 3.61. The second kappa shape index (κ2) is 11.7. The Labute approximate surface area is 239 Å². The third-order valence-corrected chi connectivity index (χ3v) is 8.44. The van der Waals surface area contributed by atoms with E-state index in [1.54, 1.807) is 55.4 Å². The van der Waals surface area contributed by atoms with Crippen LogP contribution in [0.2, 0.25) is 0 Å². The van der Waals surface area contributed by atoms with Crippen molar-refractivity contribution in [2.75, 3.05) is 31.7 Å². The van der Waals surface area contributed by atoms with Crippen LogP contribution in [-0.2, 0) is 28.7 Å². The molecule has 11 heteroatoms. The molecule has 1 aromatic carbocycles. The van der Waals surface area contributed by atoms with Gasteiger partial charge in [-0.25, -0.2) is 0 Å². The molecule has 0 unspecified atom stereocenters. The number of hydrogen-bond acceptors (Lipinski definition) is 8. The Morgan fingerprint density at radius 3 is 2.59 bits per heavy atom. The molecule has 220 valence electrons. The number of fused-ring (bicyclic) bond motifs is 2. The van der Waals surface area contributed by atoms with Crippen molar-refractivity contribution >= 4 is 29.4 Å². The minimum atomic E-state index is -1.40. The number of carbonyl (C=O) groups is 4. The molecule has 11 nitrogen and oxygen atoms in total. The highest BCUT2D eigenvalue weighted by molar-refractivity contribution is 6.05. The van der Waals surface area contributed by atoms with Crippen LogP contribution >= 0.6 is 0 Å². The molecular formula is C30H37N3O8. The second-order valence-corrected chi connectivity index (χ2v) is 10.9. The molecule has 2 saturated heterocycles. The molecule has 0 aromatic heterocycles. The Balaban J connectivity index is 1.61. The smallest absolute Gasteiger partial charge is 0.313 e. The molecule has 0 aliphatic carbocycles. The molecule has 41 heavy (non-hydrogen) atoms. The van der Waals surface area contributed by atoms with Crippen molar-refractivity contribution in [3.8, 4) is 5.75 Å². The van der Waals surface area contributed by atoms with E-state index >= 15 is 0 Å². The van der Waals surface area contributed by atoms with Crippen molar-refractivity contribution < 1.29 is 38.5 Å². The summed E-state index contributed by atoms with van der Waals surface area (Å²) in [4.78, 5) is 57.6. The third-order valence-electron chi connectivity index (χ3n) is 8.44. The van der Waals surface area contributed by atoms with Crippen LogP contribution in [0.1, 0.15) is 33.1 Å². The summed E-state index contributed by atoms with van der Waals surface area (Å²) < 4.78 is 17.4. The summed E-state index contributed by atoms with van der Waals surface area (Å²) in [5, 5.41) is 13.1. The first-order valence-electron chi connectivity index (χ1n) is 14.1. The number of carbonyl (C=O) groups excluding carboxylic acids is 4. The molecule has 5 bridgehead atoms. The number of amides is 3. The molecule has 3 amide bonds. The molecule has 1 aromatic rings. The lowest BCUT2D eigenvalue weighted by molar-refractivity contribution is -0.159. The highest BCUT2D eigenvalue weighted by Crippen LogP contribution is 2.56. The summed E-state index contributed by atoms with van der Waals surface area (Å²) in [6.45, 7) is 3.45. The molecule has 5 rings (SSSR count). The minimum Gasteiger partial charge on any atom is -0.497 e. The number of rotatable bonds is 5. The van der Waals surface area contributed by atoms with Gasteiger partial charge in [0, 0.05) is 18.7 Å². The number of methoxy groups -OCH3 is 1. The highest BCUT2D eigenvalue weighted by atomic mass is 16.6. The van der Waals surface area contributed by atoms with Crippen LogP contribution in [0.5, 0.6) is 5.75 Å². The fourth-order valence-electron chi connectivity index (χ4n) is 6.37. The Kier molecular flexibility index (Phi) is 8.19. The van der Waals surface area contributed by atoms with E-state index in [4.69, 9.17) is 14.2 Å². The third kappa shape index (κ3) is 5.01. The van der Waals surface area contributed by atoms with Crippen LogP contribution < -0.4 is 15.0 Å². The van der Waals surface area contributed by atoms with Crippen molar-refractivity contribution in [3.05, 3.63) is 48.6 Å². The van der Waals surface area contributed by atoms with E-state index in [9.17, 15) is 24.3 Å². The summed E-state index contributed by atoms with van der Waals surface area (Å²) in [6, 6.07) is 5.21. The number of anilines is 1. The molecule has 4 heterocycles. The first-order valence-corrected chi connectivity index (χ1v) is 14.1. The van der Waals surface area contributed by atoms with Crippen LogP contribution in [0.25, 0.3) is 0 Å². The lowest BCUT2D eigenvalue weighted by atomic mass is 9.74. The predicted molar refractivity (Wildman–Crippen MR) is 148 cm³/mol. The largest absolute Gasteiger partial charge is 0.497 e. The lowest BCUT2D eigenvalue weighted by Crippen LogP contribution is -2.58. The lowest BCUT2D eigenvalue weighted by Gasteiger charge is -2.38. The summed E-state index contributed by atoms with van der Waals surface area (Å²) in [6.07, 6.45) is 6.81. The maximum atomic E-state index is 14.6. The van der Waals surface area contributed by atoms with Gasteiger partial charge >= 0.3 is 5.97 Å². The van der Waals surface area contributed by atoms with E-state index in [0.717, 1.165) is 0 Å². The van der Waals surface area contributed by atoms with Gasteiger partial charge in [0.2, 0.25) is 11.8 Å². The van der Waals surface area contributed by atoms with Crippen LogP contribution in [0.4, 0.5) is 5.69 Å². The fraction of sp³-hybridized carbons (Fsp3) is 0.533. The summed E-state index contributed by atoms with van der Waals surface area (Å²) in [5.41, 5.74) is -0.827. The van der Waals surface area contributed by atoms with Crippen molar-refractivity contribution in [2.45, 2.75) is 63.0 Å².